The predicted octanol–water partition coefficient (Wildman–Crippen LogP) is 4.69. The average Bonchev–Trinajstić information content (AvgIpc) is 2.77. The van der Waals surface area contributed by atoms with Crippen LogP contribution in [0, 0.1) is 0 Å². The first-order valence-electron chi connectivity index (χ1n) is 8.06. The second-order valence-electron chi connectivity index (χ2n) is 6.01. The van der Waals surface area contributed by atoms with E-state index in [4.69, 9.17) is 9.72 Å². The van der Waals surface area contributed by atoms with Crippen LogP contribution in [0.5, 0.6) is 5.75 Å². The molecule has 0 unspecified atom stereocenters. The summed E-state index contributed by atoms with van der Waals surface area (Å²) in [6.07, 6.45) is 5.67. The molecular weight excluding hydrogens is 388 g/mol. The minimum absolute atomic E-state index is 0.0265. The molecule has 0 saturated carbocycles. The molecule has 2 aromatic heterocycles. The molecule has 0 fully saturated rings. The summed E-state index contributed by atoms with van der Waals surface area (Å²) in [5, 5.41) is 0.799. The van der Waals surface area contributed by atoms with Crippen LogP contribution in [-0.4, -0.2) is 17.1 Å². The van der Waals surface area contributed by atoms with Crippen molar-refractivity contribution in [1.29, 1.82) is 0 Å². The number of methoxy groups -OCH3 is 1. The molecule has 1 N–H and O–H groups in total. The van der Waals surface area contributed by atoms with E-state index in [1.54, 1.807) is 18.4 Å². The summed E-state index contributed by atoms with van der Waals surface area (Å²) in [7, 11) is 1.63. The molecule has 6 heteroatoms. The number of H-pyrrole nitrogens is 1. The Bertz CT molecular complexity index is 977. The standard InChI is InChI=1S/C18H17BrN2O2S/c1-23-13-8-7-10(9-12(13)19)16-20-17(22)15-11-5-3-2-4-6-14(11)24-18(15)21-16/h7-9H,2-6H2,1H3,(H,20,21,22). The molecule has 0 atom stereocenters. The first-order valence-corrected chi connectivity index (χ1v) is 9.67. The van der Waals surface area contributed by atoms with E-state index >= 15 is 0 Å². The highest BCUT2D eigenvalue weighted by molar-refractivity contribution is 9.10. The fourth-order valence-corrected chi connectivity index (χ4v) is 5.09. The molecule has 0 bridgehead atoms. The number of aromatic amines is 1. The zero-order valence-electron chi connectivity index (χ0n) is 13.3. The van der Waals surface area contributed by atoms with Crippen molar-refractivity contribution in [2.75, 3.05) is 7.11 Å². The van der Waals surface area contributed by atoms with Crippen molar-refractivity contribution in [3.8, 4) is 17.1 Å². The number of benzene rings is 1. The lowest BCUT2D eigenvalue weighted by Crippen LogP contribution is -2.10. The molecule has 24 heavy (non-hydrogen) atoms. The van der Waals surface area contributed by atoms with E-state index in [0.29, 0.717) is 5.82 Å². The molecule has 3 aromatic rings. The second kappa shape index (κ2) is 6.33. The summed E-state index contributed by atoms with van der Waals surface area (Å²) in [5.74, 6) is 1.36. The maximum Gasteiger partial charge on any atom is 0.260 e. The van der Waals surface area contributed by atoms with Gasteiger partial charge in [-0.2, -0.15) is 0 Å². The van der Waals surface area contributed by atoms with E-state index in [1.165, 1.54) is 23.3 Å². The van der Waals surface area contributed by atoms with Crippen LogP contribution < -0.4 is 10.3 Å². The van der Waals surface area contributed by atoms with Gasteiger partial charge in [-0.3, -0.25) is 4.79 Å². The molecule has 0 amide bonds. The summed E-state index contributed by atoms with van der Waals surface area (Å²) in [6.45, 7) is 0. The summed E-state index contributed by atoms with van der Waals surface area (Å²) >= 11 is 5.17. The van der Waals surface area contributed by atoms with Gasteiger partial charge in [0.25, 0.3) is 5.56 Å². The van der Waals surface area contributed by atoms with Gasteiger partial charge in [0.05, 0.1) is 17.0 Å². The molecule has 0 radical (unpaired) electrons. The van der Waals surface area contributed by atoms with Crippen LogP contribution in [-0.2, 0) is 12.8 Å². The van der Waals surface area contributed by atoms with E-state index in [2.05, 4.69) is 20.9 Å². The number of aromatic nitrogens is 2. The third-order valence-electron chi connectivity index (χ3n) is 4.50. The van der Waals surface area contributed by atoms with E-state index in [1.807, 2.05) is 18.2 Å². The van der Waals surface area contributed by atoms with Gasteiger partial charge in [0, 0.05) is 10.4 Å². The van der Waals surface area contributed by atoms with E-state index in [0.717, 1.165) is 45.3 Å². The quantitative estimate of drug-likeness (QED) is 0.630. The SMILES string of the molecule is COc1ccc(-c2nc3sc4c(c3c(=O)[nH]2)CCCCC4)cc1Br. The Balaban J connectivity index is 1.87. The molecule has 0 saturated heterocycles. The van der Waals surface area contributed by atoms with Crippen LogP contribution in [0.15, 0.2) is 27.5 Å². The molecule has 0 spiro atoms. The molecule has 0 aliphatic heterocycles. The monoisotopic (exact) mass is 404 g/mol. The van der Waals surface area contributed by atoms with Crippen LogP contribution in [0.2, 0.25) is 0 Å². The maximum atomic E-state index is 12.7. The zero-order valence-corrected chi connectivity index (χ0v) is 15.7. The van der Waals surface area contributed by atoms with Gasteiger partial charge in [-0.1, -0.05) is 6.42 Å². The number of thiophene rings is 1. The molecule has 1 aromatic carbocycles. The Morgan fingerprint density at radius 3 is 2.88 bits per heavy atom. The Morgan fingerprint density at radius 2 is 2.08 bits per heavy atom. The summed E-state index contributed by atoms with van der Waals surface area (Å²) < 4.78 is 6.10. The number of hydrogen-bond donors (Lipinski definition) is 1. The van der Waals surface area contributed by atoms with Crippen molar-refractivity contribution < 1.29 is 4.74 Å². The third kappa shape index (κ3) is 2.67. The lowest BCUT2D eigenvalue weighted by Gasteiger charge is -2.06. The normalized spacial score (nSPS) is 14.4. The fourth-order valence-electron chi connectivity index (χ4n) is 3.29. The van der Waals surface area contributed by atoms with Crippen molar-refractivity contribution >= 4 is 37.5 Å². The molecule has 1 aliphatic rings. The Morgan fingerprint density at radius 1 is 1.25 bits per heavy atom. The van der Waals surface area contributed by atoms with Crippen LogP contribution in [0.1, 0.15) is 29.7 Å². The first-order chi connectivity index (χ1) is 11.7. The van der Waals surface area contributed by atoms with Crippen molar-refractivity contribution in [2.45, 2.75) is 32.1 Å². The minimum atomic E-state index is -0.0265. The fraction of sp³-hybridized carbons (Fsp3) is 0.333. The number of aryl methyl sites for hydroxylation is 2. The highest BCUT2D eigenvalue weighted by Crippen LogP contribution is 2.34. The average molecular weight is 405 g/mol. The van der Waals surface area contributed by atoms with Crippen molar-refractivity contribution in [3.05, 3.63) is 43.5 Å². The van der Waals surface area contributed by atoms with Crippen molar-refractivity contribution in [3.63, 3.8) is 0 Å². The van der Waals surface area contributed by atoms with Gasteiger partial charge in [-0.05, 0) is 65.4 Å². The Hall–Kier alpha value is -1.66. The van der Waals surface area contributed by atoms with Gasteiger partial charge in [-0.25, -0.2) is 4.98 Å². The summed E-state index contributed by atoms with van der Waals surface area (Å²) in [4.78, 5) is 22.6. The molecule has 2 heterocycles. The van der Waals surface area contributed by atoms with Gasteiger partial charge in [-0.15, -0.1) is 11.3 Å². The van der Waals surface area contributed by atoms with Gasteiger partial charge >= 0.3 is 0 Å². The smallest absolute Gasteiger partial charge is 0.260 e. The summed E-state index contributed by atoms with van der Waals surface area (Å²) in [5.41, 5.74) is 2.07. The topological polar surface area (TPSA) is 55.0 Å². The van der Waals surface area contributed by atoms with Gasteiger partial charge in [0.1, 0.15) is 16.4 Å². The number of nitrogens with one attached hydrogen (secondary N) is 1. The highest BCUT2D eigenvalue weighted by atomic mass is 79.9. The van der Waals surface area contributed by atoms with E-state index < -0.39 is 0 Å². The molecule has 1 aliphatic carbocycles. The predicted molar refractivity (Wildman–Crippen MR) is 101 cm³/mol. The Labute approximate surface area is 152 Å². The second-order valence-corrected chi connectivity index (χ2v) is 7.95. The number of halogens is 1. The third-order valence-corrected chi connectivity index (χ3v) is 6.31. The number of ether oxygens (including phenoxy) is 1. The maximum absolute atomic E-state index is 12.7. The van der Waals surface area contributed by atoms with Gasteiger partial charge in [0.15, 0.2) is 0 Å². The lowest BCUT2D eigenvalue weighted by molar-refractivity contribution is 0.412. The molecule has 4 rings (SSSR count). The lowest BCUT2D eigenvalue weighted by atomic mass is 10.1. The minimum Gasteiger partial charge on any atom is -0.496 e. The number of nitrogens with zero attached hydrogens (tertiary/aromatic N) is 1. The van der Waals surface area contributed by atoms with Gasteiger partial charge in [0.2, 0.25) is 0 Å². The molecule has 4 nitrogen and oxygen atoms in total. The zero-order chi connectivity index (χ0) is 16.7. The molecule has 124 valence electrons. The Kier molecular flexibility index (Phi) is 4.18. The van der Waals surface area contributed by atoms with Crippen LogP contribution in [0.25, 0.3) is 21.6 Å². The highest BCUT2D eigenvalue weighted by Gasteiger charge is 2.19. The van der Waals surface area contributed by atoms with E-state index in [-0.39, 0.29) is 5.56 Å². The van der Waals surface area contributed by atoms with Gasteiger partial charge < -0.3 is 9.72 Å². The van der Waals surface area contributed by atoms with Crippen molar-refractivity contribution in [1.82, 2.24) is 9.97 Å². The molecular formula is C18H17BrN2O2S. The van der Waals surface area contributed by atoms with Crippen molar-refractivity contribution in [2.24, 2.45) is 0 Å². The number of hydrogen-bond acceptors (Lipinski definition) is 4. The number of fused-ring (bicyclic) bond motifs is 3. The largest absolute Gasteiger partial charge is 0.496 e. The van der Waals surface area contributed by atoms with Crippen LogP contribution in [0.3, 0.4) is 0 Å². The van der Waals surface area contributed by atoms with Crippen LogP contribution in [0.4, 0.5) is 0 Å². The van der Waals surface area contributed by atoms with Crippen LogP contribution >= 0.6 is 27.3 Å². The first kappa shape index (κ1) is 15.8. The number of rotatable bonds is 2. The van der Waals surface area contributed by atoms with E-state index in [9.17, 15) is 4.79 Å². The summed E-state index contributed by atoms with van der Waals surface area (Å²) in [6, 6.07) is 5.70.